The van der Waals surface area contributed by atoms with Crippen molar-refractivity contribution in [1.29, 1.82) is 0 Å². The van der Waals surface area contributed by atoms with Crippen molar-refractivity contribution in [3.05, 3.63) is 48.0 Å². The van der Waals surface area contributed by atoms with E-state index in [-0.39, 0.29) is 30.0 Å². The van der Waals surface area contributed by atoms with Gasteiger partial charge >= 0.3 is 6.09 Å². The van der Waals surface area contributed by atoms with Gasteiger partial charge in [0, 0.05) is 27.7 Å². The quantitative estimate of drug-likeness (QED) is 0.340. The van der Waals surface area contributed by atoms with Gasteiger partial charge in [0.05, 0.1) is 12.6 Å². The molecule has 2 rings (SSSR count). The predicted octanol–water partition coefficient (Wildman–Crippen LogP) is 2.71. The Kier molecular flexibility index (Phi) is 10.0. The average Bonchev–Trinajstić information content (AvgIpc) is 3.05. The maximum atomic E-state index is 12.3. The number of aliphatic imine (C=N–C) groups is 1. The molecule has 0 fully saturated rings. The van der Waals surface area contributed by atoms with Crippen LogP contribution in [0, 0.1) is 0 Å². The highest BCUT2D eigenvalue weighted by atomic mass is 127. The van der Waals surface area contributed by atoms with Gasteiger partial charge in [-0.15, -0.1) is 24.0 Å². The number of guanidine groups is 1. The van der Waals surface area contributed by atoms with E-state index in [4.69, 9.17) is 4.74 Å². The third kappa shape index (κ3) is 8.17. The van der Waals surface area contributed by atoms with Gasteiger partial charge in [-0.05, 0) is 26.3 Å². The van der Waals surface area contributed by atoms with Gasteiger partial charge in [0.2, 0.25) is 0 Å². The molecule has 1 heterocycles. The summed E-state index contributed by atoms with van der Waals surface area (Å²) in [4.78, 5) is 22.8. The molecule has 2 aromatic rings. The number of rotatable bonds is 6. The van der Waals surface area contributed by atoms with Gasteiger partial charge in [-0.1, -0.05) is 30.3 Å². The number of amides is 1. The Bertz CT molecular complexity index is 818. The largest absolute Gasteiger partial charge is 0.444 e. The second-order valence-electron chi connectivity index (χ2n) is 7.69. The Morgan fingerprint density at radius 3 is 2.50 bits per heavy atom. The number of alkyl carbamates (subject to hydrolysis) is 1. The van der Waals surface area contributed by atoms with Crippen molar-refractivity contribution in [2.45, 2.75) is 39.0 Å². The number of hydrogen-bond donors (Lipinski definition) is 2. The first-order valence-electron chi connectivity index (χ1n) is 9.48. The Labute approximate surface area is 195 Å². The molecule has 9 nitrogen and oxygen atoms in total. The minimum Gasteiger partial charge on any atom is -0.444 e. The lowest BCUT2D eigenvalue weighted by Crippen LogP contribution is -2.44. The van der Waals surface area contributed by atoms with E-state index in [2.05, 4.69) is 25.7 Å². The summed E-state index contributed by atoms with van der Waals surface area (Å²) in [6, 6.07) is 9.47. The summed E-state index contributed by atoms with van der Waals surface area (Å²) in [6.07, 6.45) is 1.06. The maximum Gasteiger partial charge on any atom is 0.408 e. The molecule has 0 aliphatic carbocycles. The van der Waals surface area contributed by atoms with Crippen LogP contribution in [0.2, 0.25) is 0 Å². The fourth-order valence-corrected chi connectivity index (χ4v) is 2.72. The lowest BCUT2D eigenvalue weighted by atomic mass is 10.1. The number of carbonyl (C=O) groups is 1. The SMILES string of the molecule is CN=C(NCC(NC(=O)OC(C)(C)C)c1ccccc1)N(C)Cc1ncnn1C.I. The summed E-state index contributed by atoms with van der Waals surface area (Å²) < 4.78 is 7.14. The van der Waals surface area contributed by atoms with Gasteiger partial charge in [0.1, 0.15) is 17.8 Å². The molecule has 0 radical (unpaired) electrons. The minimum atomic E-state index is -0.564. The van der Waals surface area contributed by atoms with Crippen LogP contribution >= 0.6 is 24.0 Å². The van der Waals surface area contributed by atoms with Crippen LogP contribution in [0.25, 0.3) is 0 Å². The lowest BCUT2D eigenvalue weighted by molar-refractivity contribution is 0.0504. The van der Waals surface area contributed by atoms with E-state index in [1.54, 1.807) is 11.7 Å². The smallest absolute Gasteiger partial charge is 0.408 e. The van der Waals surface area contributed by atoms with Crippen molar-refractivity contribution >= 4 is 36.0 Å². The van der Waals surface area contributed by atoms with E-state index >= 15 is 0 Å². The molecular formula is C20H32IN7O2. The monoisotopic (exact) mass is 529 g/mol. The van der Waals surface area contributed by atoms with E-state index in [1.807, 2.05) is 70.1 Å². The first-order valence-corrected chi connectivity index (χ1v) is 9.48. The molecule has 1 amide bonds. The highest BCUT2D eigenvalue weighted by Gasteiger charge is 2.21. The van der Waals surface area contributed by atoms with Crippen molar-refractivity contribution in [2.75, 3.05) is 20.6 Å². The molecule has 1 aromatic carbocycles. The Morgan fingerprint density at radius 2 is 1.97 bits per heavy atom. The topological polar surface area (TPSA) is 96.7 Å². The van der Waals surface area contributed by atoms with Crippen molar-refractivity contribution in [3.63, 3.8) is 0 Å². The van der Waals surface area contributed by atoms with Gasteiger partial charge in [-0.3, -0.25) is 9.67 Å². The summed E-state index contributed by atoms with van der Waals surface area (Å²) in [5.74, 6) is 1.50. The van der Waals surface area contributed by atoms with Gasteiger partial charge < -0.3 is 20.3 Å². The number of benzene rings is 1. The number of nitrogens with zero attached hydrogens (tertiary/aromatic N) is 5. The Balaban J connectivity index is 0.00000450. The van der Waals surface area contributed by atoms with Crippen molar-refractivity contribution in [3.8, 4) is 0 Å². The van der Waals surface area contributed by atoms with E-state index < -0.39 is 11.7 Å². The van der Waals surface area contributed by atoms with Crippen molar-refractivity contribution in [2.24, 2.45) is 12.0 Å². The number of ether oxygens (including phenoxy) is 1. The zero-order valence-electron chi connectivity index (χ0n) is 18.4. The summed E-state index contributed by atoms with van der Waals surface area (Å²) in [6.45, 7) is 6.51. The predicted molar refractivity (Wildman–Crippen MR) is 128 cm³/mol. The van der Waals surface area contributed by atoms with Gasteiger partial charge in [-0.25, -0.2) is 9.78 Å². The van der Waals surface area contributed by atoms with E-state index in [9.17, 15) is 4.79 Å². The normalized spacial score (nSPS) is 12.5. The number of aromatic nitrogens is 3. The zero-order valence-corrected chi connectivity index (χ0v) is 20.7. The lowest BCUT2D eigenvalue weighted by Gasteiger charge is -2.26. The number of carbonyl (C=O) groups excluding carboxylic acids is 1. The van der Waals surface area contributed by atoms with Crippen LogP contribution in [0.1, 0.15) is 38.2 Å². The molecule has 2 N–H and O–H groups in total. The van der Waals surface area contributed by atoms with E-state index in [1.165, 1.54) is 6.33 Å². The molecule has 30 heavy (non-hydrogen) atoms. The Morgan fingerprint density at radius 1 is 1.30 bits per heavy atom. The third-order valence-corrected chi connectivity index (χ3v) is 4.11. The molecule has 1 atom stereocenters. The fraction of sp³-hybridized carbons (Fsp3) is 0.500. The second-order valence-corrected chi connectivity index (χ2v) is 7.69. The molecule has 0 aliphatic rings. The number of hydrogen-bond acceptors (Lipinski definition) is 5. The van der Waals surface area contributed by atoms with E-state index in [0.717, 1.165) is 11.4 Å². The summed E-state index contributed by atoms with van der Waals surface area (Å²) in [5.41, 5.74) is 0.405. The van der Waals surface area contributed by atoms with Crippen LogP contribution < -0.4 is 10.6 Å². The third-order valence-electron chi connectivity index (χ3n) is 4.11. The number of halogens is 1. The fourth-order valence-electron chi connectivity index (χ4n) is 2.72. The zero-order chi connectivity index (χ0) is 21.4. The minimum absolute atomic E-state index is 0. The van der Waals surface area contributed by atoms with Crippen LogP contribution in [0.3, 0.4) is 0 Å². The highest BCUT2D eigenvalue weighted by Crippen LogP contribution is 2.14. The summed E-state index contributed by atoms with van der Waals surface area (Å²) >= 11 is 0. The summed E-state index contributed by atoms with van der Waals surface area (Å²) in [7, 11) is 5.49. The molecule has 1 aromatic heterocycles. The second kappa shape index (κ2) is 11.7. The molecule has 0 aliphatic heterocycles. The molecule has 0 bridgehead atoms. The number of aryl methyl sites for hydroxylation is 1. The average molecular weight is 529 g/mol. The van der Waals surface area contributed by atoms with E-state index in [0.29, 0.717) is 19.0 Å². The van der Waals surface area contributed by atoms with Crippen molar-refractivity contribution < 1.29 is 9.53 Å². The molecule has 1 unspecified atom stereocenters. The van der Waals surface area contributed by atoms with Gasteiger partial charge in [-0.2, -0.15) is 5.10 Å². The molecule has 0 saturated carbocycles. The first kappa shape index (κ1) is 25.7. The molecule has 10 heteroatoms. The van der Waals surface area contributed by atoms with Gasteiger partial charge in [0.15, 0.2) is 5.96 Å². The van der Waals surface area contributed by atoms with Crippen LogP contribution in [0.15, 0.2) is 41.7 Å². The van der Waals surface area contributed by atoms with Gasteiger partial charge in [0.25, 0.3) is 0 Å². The standard InChI is InChI=1S/C20H31N7O2.HI/c1-20(2,3)29-19(28)25-16(15-10-8-7-9-11-15)12-22-18(21-4)26(5)13-17-23-14-24-27(17)6;/h7-11,14,16H,12-13H2,1-6H3,(H,21,22)(H,25,28);1H. The van der Waals surface area contributed by atoms with Crippen LogP contribution in [0.5, 0.6) is 0 Å². The molecule has 166 valence electrons. The summed E-state index contributed by atoms with van der Waals surface area (Å²) in [5, 5.41) is 10.3. The maximum absolute atomic E-state index is 12.3. The highest BCUT2D eigenvalue weighted by molar-refractivity contribution is 14.0. The van der Waals surface area contributed by atoms with Crippen LogP contribution in [0.4, 0.5) is 4.79 Å². The number of nitrogens with one attached hydrogen (secondary N) is 2. The van der Waals surface area contributed by atoms with Crippen LogP contribution in [-0.4, -0.2) is 58.0 Å². The molecule has 0 spiro atoms. The molecule has 0 saturated heterocycles. The van der Waals surface area contributed by atoms with Crippen LogP contribution in [-0.2, 0) is 18.3 Å². The van der Waals surface area contributed by atoms with Crippen molar-refractivity contribution in [1.82, 2.24) is 30.3 Å². The molecular weight excluding hydrogens is 497 g/mol. The Hall–Kier alpha value is -2.37. The first-order chi connectivity index (χ1) is 13.7.